The van der Waals surface area contributed by atoms with Crippen LogP contribution in [0.15, 0.2) is 18.2 Å². The standard InChI is InChI=1S/C15H22N2O3/c1-10(2)20-14-6-4-5-13(16-14)15(19)17-8-7-12(9-17)11(3)18/h4-6,10-12,18H,7-9H2,1-3H3. The van der Waals surface area contributed by atoms with E-state index in [4.69, 9.17) is 4.74 Å². The van der Waals surface area contributed by atoms with Crippen LogP contribution in [0.5, 0.6) is 5.88 Å². The van der Waals surface area contributed by atoms with E-state index in [-0.39, 0.29) is 24.0 Å². The summed E-state index contributed by atoms with van der Waals surface area (Å²) in [6.45, 7) is 6.88. The number of aromatic nitrogens is 1. The monoisotopic (exact) mass is 278 g/mol. The van der Waals surface area contributed by atoms with Crippen molar-refractivity contribution in [3.8, 4) is 5.88 Å². The van der Waals surface area contributed by atoms with Gasteiger partial charge in [0.05, 0.1) is 12.2 Å². The van der Waals surface area contributed by atoms with Crippen molar-refractivity contribution in [1.29, 1.82) is 0 Å². The maximum atomic E-state index is 12.4. The van der Waals surface area contributed by atoms with Crippen LogP contribution in [0.1, 0.15) is 37.7 Å². The largest absolute Gasteiger partial charge is 0.475 e. The number of rotatable bonds is 4. The minimum absolute atomic E-state index is 0.0271. The summed E-state index contributed by atoms with van der Waals surface area (Å²) in [6.07, 6.45) is 0.488. The third-order valence-corrected chi connectivity index (χ3v) is 3.49. The molecule has 0 aliphatic carbocycles. The summed E-state index contributed by atoms with van der Waals surface area (Å²) < 4.78 is 5.51. The van der Waals surface area contributed by atoms with Gasteiger partial charge in [-0.05, 0) is 33.3 Å². The lowest BCUT2D eigenvalue weighted by Crippen LogP contribution is -2.31. The molecule has 0 saturated carbocycles. The Kier molecular flexibility index (Phi) is 4.60. The first-order valence-corrected chi connectivity index (χ1v) is 7.08. The third-order valence-electron chi connectivity index (χ3n) is 3.49. The average molecular weight is 278 g/mol. The Balaban J connectivity index is 2.06. The lowest BCUT2D eigenvalue weighted by atomic mass is 10.0. The minimum atomic E-state index is -0.378. The second-order valence-electron chi connectivity index (χ2n) is 5.57. The van der Waals surface area contributed by atoms with Crippen molar-refractivity contribution in [3.63, 3.8) is 0 Å². The Bertz CT molecular complexity index is 474. The summed E-state index contributed by atoms with van der Waals surface area (Å²) in [5, 5.41) is 9.59. The molecule has 1 aromatic heterocycles. The molecule has 1 fully saturated rings. The summed E-state index contributed by atoms with van der Waals surface area (Å²) in [7, 11) is 0. The zero-order valence-corrected chi connectivity index (χ0v) is 12.2. The number of hydrogen-bond donors (Lipinski definition) is 1. The van der Waals surface area contributed by atoms with Gasteiger partial charge in [0.15, 0.2) is 0 Å². The summed E-state index contributed by atoms with van der Waals surface area (Å²) in [5.74, 6) is 0.536. The molecule has 1 saturated heterocycles. The lowest BCUT2D eigenvalue weighted by molar-refractivity contribution is 0.0755. The van der Waals surface area contributed by atoms with Gasteiger partial charge in [-0.3, -0.25) is 4.79 Å². The van der Waals surface area contributed by atoms with Gasteiger partial charge in [0.1, 0.15) is 5.69 Å². The second-order valence-corrected chi connectivity index (χ2v) is 5.57. The molecule has 2 unspecified atom stereocenters. The van der Waals surface area contributed by atoms with Crippen molar-refractivity contribution in [2.24, 2.45) is 5.92 Å². The van der Waals surface area contributed by atoms with E-state index in [2.05, 4.69) is 4.98 Å². The lowest BCUT2D eigenvalue weighted by Gasteiger charge is -2.17. The third kappa shape index (κ3) is 3.48. The molecule has 2 atom stereocenters. The molecule has 2 heterocycles. The van der Waals surface area contributed by atoms with Gasteiger partial charge in [0.2, 0.25) is 5.88 Å². The van der Waals surface area contributed by atoms with Gasteiger partial charge < -0.3 is 14.7 Å². The van der Waals surface area contributed by atoms with Gasteiger partial charge in [0, 0.05) is 25.1 Å². The predicted molar refractivity (Wildman–Crippen MR) is 75.7 cm³/mol. The van der Waals surface area contributed by atoms with E-state index in [1.165, 1.54) is 0 Å². The maximum absolute atomic E-state index is 12.4. The Morgan fingerprint density at radius 3 is 2.80 bits per heavy atom. The van der Waals surface area contributed by atoms with Gasteiger partial charge in [-0.1, -0.05) is 6.07 Å². The highest BCUT2D eigenvalue weighted by Gasteiger charge is 2.30. The normalized spacial score (nSPS) is 20.2. The van der Waals surface area contributed by atoms with Crippen LogP contribution in [0.2, 0.25) is 0 Å². The fourth-order valence-corrected chi connectivity index (χ4v) is 2.37. The fourth-order valence-electron chi connectivity index (χ4n) is 2.37. The molecular formula is C15H22N2O3. The van der Waals surface area contributed by atoms with Crippen LogP contribution < -0.4 is 4.74 Å². The summed E-state index contributed by atoms with van der Waals surface area (Å²) in [5.41, 5.74) is 0.398. The predicted octanol–water partition coefficient (Wildman–Crippen LogP) is 1.71. The smallest absolute Gasteiger partial charge is 0.272 e. The van der Waals surface area contributed by atoms with Gasteiger partial charge in [-0.25, -0.2) is 4.98 Å². The Hall–Kier alpha value is -1.62. The molecule has 110 valence electrons. The number of carbonyl (C=O) groups excluding carboxylic acids is 1. The van der Waals surface area contributed by atoms with Gasteiger partial charge in [-0.2, -0.15) is 0 Å². The molecule has 5 nitrogen and oxygen atoms in total. The van der Waals surface area contributed by atoms with E-state index >= 15 is 0 Å². The summed E-state index contributed by atoms with van der Waals surface area (Å²) in [6, 6.07) is 5.23. The Morgan fingerprint density at radius 1 is 1.45 bits per heavy atom. The van der Waals surface area contributed by atoms with Crippen molar-refractivity contribution in [1.82, 2.24) is 9.88 Å². The Labute approximate surface area is 119 Å². The number of amides is 1. The van der Waals surface area contributed by atoms with Crippen molar-refractivity contribution in [2.45, 2.75) is 39.4 Å². The van der Waals surface area contributed by atoms with Crippen LogP contribution in [0.25, 0.3) is 0 Å². The highest BCUT2D eigenvalue weighted by Crippen LogP contribution is 2.21. The van der Waals surface area contributed by atoms with Crippen molar-refractivity contribution < 1.29 is 14.6 Å². The van der Waals surface area contributed by atoms with E-state index in [0.29, 0.717) is 24.7 Å². The number of pyridine rings is 1. The first-order chi connectivity index (χ1) is 9.47. The number of aliphatic hydroxyl groups excluding tert-OH is 1. The van der Waals surface area contributed by atoms with Crippen molar-refractivity contribution in [3.05, 3.63) is 23.9 Å². The number of aliphatic hydroxyl groups is 1. The number of hydrogen-bond acceptors (Lipinski definition) is 4. The highest BCUT2D eigenvalue weighted by atomic mass is 16.5. The van der Waals surface area contributed by atoms with Crippen LogP contribution in [-0.4, -0.2) is 46.2 Å². The molecule has 1 amide bonds. The maximum Gasteiger partial charge on any atom is 0.272 e. The van der Waals surface area contributed by atoms with Crippen LogP contribution in [-0.2, 0) is 0 Å². The van der Waals surface area contributed by atoms with E-state index in [1.807, 2.05) is 13.8 Å². The zero-order chi connectivity index (χ0) is 14.7. The summed E-state index contributed by atoms with van der Waals surface area (Å²) in [4.78, 5) is 18.4. The molecule has 1 N–H and O–H groups in total. The quantitative estimate of drug-likeness (QED) is 0.910. The van der Waals surface area contributed by atoms with Crippen LogP contribution in [0.3, 0.4) is 0 Å². The topological polar surface area (TPSA) is 62.7 Å². The van der Waals surface area contributed by atoms with E-state index in [1.54, 1.807) is 30.0 Å². The fraction of sp³-hybridized carbons (Fsp3) is 0.600. The Morgan fingerprint density at radius 2 is 2.20 bits per heavy atom. The average Bonchev–Trinajstić information content (AvgIpc) is 2.87. The van der Waals surface area contributed by atoms with E-state index < -0.39 is 0 Å². The molecule has 2 rings (SSSR count). The van der Waals surface area contributed by atoms with Gasteiger partial charge >= 0.3 is 0 Å². The van der Waals surface area contributed by atoms with Gasteiger partial charge in [-0.15, -0.1) is 0 Å². The van der Waals surface area contributed by atoms with E-state index in [0.717, 1.165) is 6.42 Å². The van der Waals surface area contributed by atoms with Crippen molar-refractivity contribution in [2.75, 3.05) is 13.1 Å². The number of ether oxygens (including phenoxy) is 1. The molecule has 0 bridgehead atoms. The van der Waals surface area contributed by atoms with Crippen LogP contribution in [0.4, 0.5) is 0 Å². The van der Waals surface area contributed by atoms with E-state index in [9.17, 15) is 9.90 Å². The first kappa shape index (κ1) is 14.8. The summed E-state index contributed by atoms with van der Waals surface area (Å²) >= 11 is 0. The second kappa shape index (κ2) is 6.22. The number of nitrogens with zero attached hydrogens (tertiary/aromatic N) is 2. The first-order valence-electron chi connectivity index (χ1n) is 7.08. The molecule has 0 radical (unpaired) electrons. The van der Waals surface area contributed by atoms with Crippen LogP contribution >= 0.6 is 0 Å². The zero-order valence-electron chi connectivity index (χ0n) is 12.2. The molecular weight excluding hydrogens is 256 g/mol. The minimum Gasteiger partial charge on any atom is -0.475 e. The molecule has 1 aromatic rings. The molecule has 20 heavy (non-hydrogen) atoms. The molecule has 1 aliphatic heterocycles. The van der Waals surface area contributed by atoms with Gasteiger partial charge in [0.25, 0.3) is 5.91 Å². The van der Waals surface area contributed by atoms with Crippen molar-refractivity contribution >= 4 is 5.91 Å². The molecule has 0 aromatic carbocycles. The molecule has 1 aliphatic rings. The SMILES string of the molecule is CC(C)Oc1cccc(C(=O)N2CCC(C(C)O)C2)n1. The molecule has 0 spiro atoms. The van der Waals surface area contributed by atoms with Crippen LogP contribution in [0, 0.1) is 5.92 Å². The number of carbonyl (C=O) groups is 1. The highest BCUT2D eigenvalue weighted by molar-refractivity contribution is 5.92. The number of likely N-dealkylation sites (tertiary alicyclic amines) is 1. The molecule has 5 heteroatoms.